The minimum absolute atomic E-state index is 0.0553. The normalized spacial score (nSPS) is 13.7. The van der Waals surface area contributed by atoms with E-state index in [1.165, 1.54) is 31.4 Å². The van der Waals surface area contributed by atoms with Crippen LogP contribution in [0.1, 0.15) is 12.5 Å². The molecule has 1 heterocycles. The van der Waals surface area contributed by atoms with Crippen LogP contribution in [0.15, 0.2) is 35.5 Å². The molecule has 0 saturated carbocycles. The molecule has 0 bridgehead atoms. The van der Waals surface area contributed by atoms with Crippen LogP contribution in [0.4, 0.5) is 13.6 Å². The smallest absolute Gasteiger partial charge is 0.387 e. The van der Waals surface area contributed by atoms with Crippen LogP contribution in [0, 0.1) is 0 Å². The average molecular weight is 426 g/mol. The van der Waals surface area contributed by atoms with Crippen LogP contribution in [-0.4, -0.2) is 51.4 Å². The fourth-order valence-corrected chi connectivity index (χ4v) is 2.41. The van der Waals surface area contributed by atoms with E-state index in [2.05, 4.69) is 15.4 Å². The molecule has 9 nitrogen and oxygen atoms in total. The number of carbonyl (C=O) groups excluding carboxylic acids is 3. The first-order chi connectivity index (χ1) is 14.3. The highest BCUT2D eigenvalue weighted by atomic mass is 19.3. The van der Waals surface area contributed by atoms with Crippen LogP contribution in [0.3, 0.4) is 0 Å². The van der Waals surface area contributed by atoms with Gasteiger partial charge in [0.15, 0.2) is 11.5 Å². The molecule has 0 radical (unpaired) electrons. The van der Waals surface area contributed by atoms with Gasteiger partial charge in [-0.15, -0.1) is 0 Å². The van der Waals surface area contributed by atoms with Crippen LogP contribution in [0.2, 0.25) is 0 Å². The van der Waals surface area contributed by atoms with Crippen molar-refractivity contribution in [3.8, 4) is 11.5 Å². The molecule has 0 fully saturated rings. The number of amides is 2. The van der Waals surface area contributed by atoms with Crippen LogP contribution in [-0.2, 0) is 19.1 Å². The summed E-state index contributed by atoms with van der Waals surface area (Å²) in [7, 11) is 1.29. The lowest BCUT2D eigenvalue weighted by molar-refractivity contribution is -0.140. The third-order valence-corrected chi connectivity index (χ3v) is 3.75. The van der Waals surface area contributed by atoms with Crippen molar-refractivity contribution in [1.82, 2.24) is 10.6 Å². The number of alkyl halides is 2. The molecule has 1 aromatic carbocycles. The topological polar surface area (TPSA) is 112 Å². The molecule has 162 valence electrons. The zero-order valence-electron chi connectivity index (χ0n) is 16.2. The summed E-state index contributed by atoms with van der Waals surface area (Å²) in [5, 5.41) is 4.84. The Morgan fingerprint density at radius 1 is 1.23 bits per heavy atom. The van der Waals surface area contributed by atoms with Crippen LogP contribution in [0.5, 0.6) is 11.5 Å². The Morgan fingerprint density at radius 3 is 2.67 bits per heavy atom. The van der Waals surface area contributed by atoms with Crippen molar-refractivity contribution in [2.45, 2.75) is 13.5 Å². The van der Waals surface area contributed by atoms with E-state index in [0.717, 1.165) is 6.08 Å². The summed E-state index contributed by atoms with van der Waals surface area (Å²) >= 11 is 0. The summed E-state index contributed by atoms with van der Waals surface area (Å²) in [6, 6.07) is 3.58. The number of halogens is 2. The molecule has 1 aliphatic rings. The van der Waals surface area contributed by atoms with Gasteiger partial charge in [-0.25, -0.2) is 14.4 Å². The highest BCUT2D eigenvalue weighted by molar-refractivity contribution is 5.94. The van der Waals surface area contributed by atoms with Gasteiger partial charge in [0.05, 0.1) is 31.5 Å². The first-order valence-corrected chi connectivity index (χ1v) is 8.75. The molecule has 0 aromatic heterocycles. The molecular formula is C19H20F2N2O7. The maximum absolute atomic E-state index is 12.4. The predicted molar refractivity (Wildman–Crippen MR) is 99.8 cm³/mol. The first kappa shape index (κ1) is 22.7. The Hall–Kier alpha value is -3.63. The van der Waals surface area contributed by atoms with Gasteiger partial charge < -0.3 is 29.6 Å². The molecule has 2 amide bonds. The second-order valence-corrected chi connectivity index (χ2v) is 5.72. The standard InChI is InChI=1S/C19H20F2N2O7/c1-3-28-17(25)12-9-22-19(26)23-13(12)10-29-16(24)7-5-11-4-6-14(30-18(20)21)15(8-11)27-2/h4-8,18H,3,9-10H2,1-2H3,(H2,22,23,26)/b7-5+. The largest absolute Gasteiger partial charge is 0.493 e. The van der Waals surface area contributed by atoms with Crippen LogP contribution in [0.25, 0.3) is 6.08 Å². The molecule has 2 N–H and O–H groups in total. The summed E-state index contributed by atoms with van der Waals surface area (Å²) in [4.78, 5) is 35.4. The van der Waals surface area contributed by atoms with E-state index >= 15 is 0 Å². The maximum atomic E-state index is 12.4. The van der Waals surface area contributed by atoms with Crippen molar-refractivity contribution in [3.05, 3.63) is 41.1 Å². The first-order valence-electron chi connectivity index (χ1n) is 8.75. The fourth-order valence-electron chi connectivity index (χ4n) is 2.41. The van der Waals surface area contributed by atoms with Gasteiger partial charge in [0, 0.05) is 6.08 Å². The SMILES string of the molecule is CCOC(=O)C1=C(COC(=O)/C=C/c2ccc(OC(F)F)c(OC)c2)NC(=O)NC1. The van der Waals surface area contributed by atoms with Gasteiger partial charge in [-0.3, -0.25) is 0 Å². The van der Waals surface area contributed by atoms with Gasteiger partial charge in [0.25, 0.3) is 0 Å². The predicted octanol–water partition coefficient (Wildman–Crippen LogP) is 1.98. The zero-order chi connectivity index (χ0) is 22.1. The van der Waals surface area contributed by atoms with Crippen molar-refractivity contribution in [1.29, 1.82) is 0 Å². The molecule has 30 heavy (non-hydrogen) atoms. The van der Waals surface area contributed by atoms with E-state index in [1.54, 1.807) is 6.92 Å². The third-order valence-electron chi connectivity index (χ3n) is 3.75. The monoisotopic (exact) mass is 426 g/mol. The number of urea groups is 1. The maximum Gasteiger partial charge on any atom is 0.387 e. The van der Waals surface area contributed by atoms with Crippen molar-refractivity contribution >= 4 is 24.0 Å². The van der Waals surface area contributed by atoms with Gasteiger partial charge in [0.1, 0.15) is 6.61 Å². The molecule has 11 heteroatoms. The summed E-state index contributed by atoms with van der Waals surface area (Å²) in [5.74, 6) is -1.48. The second kappa shape index (κ2) is 10.8. The molecule has 0 aliphatic carbocycles. The van der Waals surface area contributed by atoms with Crippen molar-refractivity contribution in [3.63, 3.8) is 0 Å². The summed E-state index contributed by atoms with van der Waals surface area (Å²) in [5.41, 5.74) is 0.730. The van der Waals surface area contributed by atoms with Gasteiger partial charge in [-0.2, -0.15) is 8.78 Å². The Labute approximate surface area is 170 Å². The Balaban J connectivity index is 2.03. The number of ether oxygens (including phenoxy) is 4. The van der Waals surface area contributed by atoms with E-state index in [-0.39, 0.29) is 42.5 Å². The van der Waals surface area contributed by atoms with Crippen molar-refractivity contribution in [2.24, 2.45) is 0 Å². The number of hydrogen-bond acceptors (Lipinski definition) is 7. The number of methoxy groups -OCH3 is 1. The van der Waals surface area contributed by atoms with E-state index < -0.39 is 24.6 Å². The molecule has 1 aliphatic heterocycles. The summed E-state index contributed by atoms with van der Waals surface area (Å²) in [6.45, 7) is -1.62. The number of benzene rings is 1. The number of carbonyl (C=O) groups is 3. The summed E-state index contributed by atoms with van der Waals surface area (Å²) in [6.07, 6.45) is 2.47. The van der Waals surface area contributed by atoms with Crippen LogP contribution < -0.4 is 20.1 Å². The van der Waals surface area contributed by atoms with Gasteiger partial charge in [-0.1, -0.05) is 6.07 Å². The minimum atomic E-state index is -3.00. The Kier molecular flexibility index (Phi) is 8.15. The second-order valence-electron chi connectivity index (χ2n) is 5.72. The highest BCUT2D eigenvalue weighted by Gasteiger charge is 2.24. The third kappa shape index (κ3) is 6.47. The summed E-state index contributed by atoms with van der Waals surface area (Å²) < 4.78 is 44.0. The molecule has 0 spiro atoms. The van der Waals surface area contributed by atoms with Gasteiger partial charge >= 0.3 is 24.6 Å². The lowest BCUT2D eigenvalue weighted by atomic mass is 10.1. The fraction of sp³-hybridized carbons (Fsp3) is 0.316. The van der Waals surface area contributed by atoms with Crippen LogP contribution >= 0.6 is 0 Å². The van der Waals surface area contributed by atoms with Crippen molar-refractivity contribution < 1.29 is 42.1 Å². The average Bonchev–Trinajstić information content (AvgIpc) is 2.71. The lowest BCUT2D eigenvalue weighted by Crippen LogP contribution is -2.45. The van der Waals surface area contributed by atoms with E-state index in [9.17, 15) is 23.2 Å². The molecule has 0 atom stereocenters. The minimum Gasteiger partial charge on any atom is -0.493 e. The Bertz CT molecular complexity index is 868. The van der Waals surface area contributed by atoms with E-state index in [0.29, 0.717) is 5.56 Å². The molecule has 1 aromatic rings. The number of esters is 2. The number of nitrogens with one attached hydrogen (secondary N) is 2. The Morgan fingerprint density at radius 2 is 2.00 bits per heavy atom. The molecule has 0 unspecified atom stereocenters. The molecule has 2 rings (SSSR count). The van der Waals surface area contributed by atoms with Gasteiger partial charge in [-0.05, 0) is 30.7 Å². The van der Waals surface area contributed by atoms with E-state index in [1.807, 2.05) is 0 Å². The van der Waals surface area contributed by atoms with E-state index in [4.69, 9.17) is 14.2 Å². The molecule has 0 saturated heterocycles. The van der Waals surface area contributed by atoms with Crippen molar-refractivity contribution in [2.75, 3.05) is 26.9 Å². The lowest BCUT2D eigenvalue weighted by Gasteiger charge is -2.20. The highest BCUT2D eigenvalue weighted by Crippen LogP contribution is 2.29. The number of hydrogen-bond donors (Lipinski definition) is 2. The quantitative estimate of drug-likeness (QED) is 0.459. The van der Waals surface area contributed by atoms with Gasteiger partial charge in [0.2, 0.25) is 0 Å². The molecular weight excluding hydrogens is 406 g/mol. The number of rotatable bonds is 9. The zero-order valence-corrected chi connectivity index (χ0v) is 16.2.